The summed E-state index contributed by atoms with van der Waals surface area (Å²) in [7, 11) is 0. The highest BCUT2D eigenvalue weighted by atomic mass is 79.9. The van der Waals surface area contributed by atoms with Gasteiger partial charge in [-0.2, -0.15) is 5.26 Å². The molecule has 1 aromatic heterocycles. The molecule has 25 heavy (non-hydrogen) atoms. The highest BCUT2D eigenvalue weighted by Crippen LogP contribution is 2.37. The fraction of sp³-hybridized carbons (Fsp3) is 0.368. The lowest BCUT2D eigenvalue weighted by molar-refractivity contribution is -0.118. The zero-order valence-corrected chi connectivity index (χ0v) is 16.4. The first kappa shape index (κ1) is 18.0. The van der Waals surface area contributed by atoms with Gasteiger partial charge < -0.3 is 10.1 Å². The number of nitrogens with zero attached hydrogens (tertiary/aromatic N) is 1. The lowest BCUT2D eigenvalue weighted by atomic mass is 9.96. The molecule has 0 atom stereocenters. The minimum Gasteiger partial charge on any atom is -0.483 e. The van der Waals surface area contributed by atoms with E-state index in [4.69, 9.17) is 4.74 Å². The second-order valence-electron chi connectivity index (χ2n) is 5.97. The molecule has 1 heterocycles. The number of rotatable bonds is 5. The number of anilines is 1. The number of nitriles is 1. The van der Waals surface area contributed by atoms with Crippen LogP contribution in [-0.4, -0.2) is 12.5 Å². The number of aryl methyl sites for hydroxylation is 2. The van der Waals surface area contributed by atoms with E-state index in [1.165, 1.54) is 16.2 Å². The van der Waals surface area contributed by atoms with Gasteiger partial charge in [0.1, 0.15) is 16.8 Å². The number of carbonyl (C=O) groups is 1. The van der Waals surface area contributed by atoms with Gasteiger partial charge in [0.05, 0.1) is 5.56 Å². The summed E-state index contributed by atoms with van der Waals surface area (Å²) in [4.78, 5) is 13.5. The maximum atomic E-state index is 12.3. The number of thiophene rings is 1. The number of ether oxygens (including phenoxy) is 1. The van der Waals surface area contributed by atoms with Gasteiger partial charge in [-0.25, -0.2) is 0 Å². The summed E-state index contributed by atoms with van der Waals surface area (Å²) < 4.78 is 6.67. The number of hydrogen-bond acceptors (Lipinski definition) is 4. The van der Waals surface area contributed by atoms with E-state index in [0.29, 0.717) is 16.3 Å². The minimum atomic E-state index is -0.236. The quantitative estimate of drug-likeness (QED) is 0.755. The van der Waals surface area contributed by atoms with Gasteiger partial charge in [0.15, 0.2) is 6.61 Å². The van der Waals surface area contributed by atoms with Crippen LogP contribution < -0.4 is 10.1 Å². The molecule has 0 fully saturated rings. The molecule has 3 rings (SSSR count). The summed E-state index contributed by atoms with van der Waals surface area (Å²) in [6, 6.07) is 8.01. The Hall–Kier alpha value is -1.84. The summed E-state index contributed by atoms with van der Waals surface area (Å²) >= 11 is 4.97. The van der Waals surface area contributed by atoms with Crippen LogP contribution in [0.5, 0.6) is 5.75 Å². The molecule has 1 aromatic carbocycles. The average molecular weight is 419 g/mol. The van der Waals surface area contributed by atoms with Gasteiger partial charge in [-0.15, -0.1) is 11.3 Å². The van der Waals surface area contributed by atoms with Crippen molar-refractivity contribution in [3.63, 3.8) is 0 Å². The number of halogens is 1. The van der Waals surface area contributed by atoms with Crippen molar-refractivity contribution in [3.8, 4) is 11.8 Å². The van der Waals surface area contributed by atoms with Crippen molar-refractivity contribution in [3.05, 3.63) is 44.2 Å². The molecular weight excluding hydrogens is 400 g/mol. The summed E-state index contributed by atoms with van der Waals surface area (Å²) in [5, 5.41) is 13.0. The Morgan fingerprint density at radius 1 is 1.40 bits per heavy atom. The first-order chi connectivity index (χ1) is 12.1. The van der Waals surface area contributed by atoms with E-state index in [2.05, 4.69) is 27.3 Å². The summed E-state index contributed by atoms with van der Waals surface area (Å²) in [6.45, 7) is 1.98. The molecule has 1 aliphatic carbocycles. The topological polar surface area (TPSA) is 62.1 Å². The van der Waals surface area contributed by atoms with Gasteiger partial charge in [0.2, 0.25) is 0 Å². The van der Waals surface area contributed by atoms with E-state index in [1.54, 1.807) is 0 Å². The minimum absolute atomic E-state index is 0.0674. The number of benzene rings is 1. The van der Waals surface area contributed by atoms with Crippen molar-refractivity contribution < 1.29 is 9.53 Å². The fourth-order valence-electron chi connectivity index (χ4n) is 3.04. The number of nitrogens with one attached hydrogen (secondary N) is 1. The van der Waals surface area contributed by atoms with Crippen LogP contribution in [0.1, 0.15) is 41.3 Å². The Morgan fingerprint density at radius 3 is 2.96 bits per heavy atom. The largest absolute Gasteiger partial charge is 0.483 e. The molecule has 1 N–H and O–H groups in total. The van der Waals surface area contributed by atoms with Crippen LogP contribution in [0.4, 0.5) is 5.00 Å². The highest BCUT2D eigenvalue weighted by molar-refractivity contribution is 9.10. The van der Waals surface area contributed by atoms with Gasteiger partial charge in [-0.1, -0.05) is 22.9 Å². The Bertz CT molecular complexity index is 839. The number of fused-ring (bicyclic) bond motifs is 1. The molecule has 6 heteroatoms. The summed E-state index contributed by atoms with van der Waals surface area (Å²) in [6.07, 6.45) is 5.02. The van der Waals surface area contributed by atoms with Crippen LogP contribution in [0, 0.1) is 11.3 Å². The van der Waals surface area contributed by atoms with Crippen LogP contribution in [0.3, 0.4) is 0 Å². The molecule has 0 radical (unpaired) electrons. The molecule has 0 spiro atoms. The number of carbonyl (C=O) groups excluding carboxylic acids is 1. The molecule has 0 saturated heterocycles. The maximum absolute atomic E-state index is 12.3. The first-order valence-corrected chi connectivity index (χ1v) is 9.99. The van der Waals surface area contributed by atoms with Crippen LogP contribution in [0.15, 0.2) is 22.7 Å². The van der Waals surface area contributed by atoms with Crippen molar-refractivity contribution in [1.82, 2.24) is 0 Å². The second-order valence-corrected chi connectivity index (χ2v) is 7.99. The highest BCUT2D eigenvalue weighted by Gasteiger charge is 2.21. The third kappa shape index (κ3) is 4.05. The number of amides is 1. The smallest absolute Gasteiger partial charge is 0.262 e. The van der Waals surface area contributed by atoms with Crippen molar-refractivity contribution in [2.24, 2.45) is 0 Å². The SMILES string of the molecule is CCc1cc(Br)ccc1OCC(=O)Nc1sc2c(c1C#N)CCCC2. The molecule has 1 aliphatic rings. The molecule has 0 aliphatic heterocycles. The van der Waals surface area contributed by atoms with Gasteiger partial charge in [-0.3, -0.25) is 4.79 Å². The van der Waals surface area contributed by atoms with Crippen molar-refractivity contribution in [2.45, 2.75) is 39.0 Å². The summed E-state index contributed by atoms with van der Waals surface area (Å²) in [5.74, 6) is 0.479. The van der Waals surface area contributed by atoms with Gasteiger partial charge in [0.25, 0.3) is 5.91 Å². The predicted octanol–water partition coefficient (Wildman–Crippen LogP) is 4.84. The van der Waals surface area contributed by atoms with Crippen LogP contribution in [-0.2, 0) is 24.1 Å². The predicted molar refractivity (Wildman–Crippen MR) is 103 cm³/mol. The molecule has 1 amide bonds. The van der Waals surface area contributed by atoms with Crippen molar-refractivity contribution >= 4 is 38.2 Å². The zero-order valence-electron chi connectivity index (χ0n) is 14.0. The Balaban J connectivity index is 1.68. The van der Waals surface area contributed by atoms with Crippen LogP contribution in [0.25, 0.3) is 0 Å². The van der Waals surface area contributed by atoms with Gasteiger partial charge in [0, 0.05) is 9.35 Å². The van der Waals surface area contributed by atoms with E-state index in [-0.39, 0.29) is 12.5 Å². The average Bonchev–Trinajstić information content (AvgIpc) is 2.97. The van der Waals surface area contributed by atoms with Crippen LogP contribution >= 0.6 is 27.3 Å². The van der Waals surface area contributed by atoms with E-state index in [0.717, 1.165) is 47.7 Å². The van der Waals surface area contributed by atoms with E-state index >= 15 is 0 Å². The van der Waals surface area contributed by atoms with E-state index < -0.39 is 0 Å². The maximum Gasteiger partial charge on any atom is 0.262 e. The molecule has 130 valence electrons. The molecule has 2 aromatic rings. The lowest BCUT2D eigenvalue weighted by Crippen LogP contribution is -2.20. The fourth-order valence-corrected chi connectivity index (χ4v) is 4.71. The van der Waals surface area contributed by atoms with E-state index in [1.807, 2.05) is 25.1 Å². The third-order valence-electron chi connectivity index (χ3n) is 4.30. The Kier molecular flexibility index (Phi) is 5.77. The zero-order chi connectivity index (χ0) is 17.8. The molecule has 0 unspecified atom stereocenters. The standard InChI is InChI=1S/C19H19BrN2O2S/c1-2-12-9-13(20)7-8-16(12)24-11-18(23)22-19-15(10-21)14-5-3-4-6-17(14)25-19/h7-9H,2-6,11H2,1H3,(H,22,23). The normalized spacial score (nSPS) is 13.0. The molecule has 0 bridgehead atoms. The van der Waals surface area contributed by atoms with Gasteiger partial charge in [-0.05, 0) is 61.4 Å². The molecule has 0 saturated carbocycles. The first-order valence-electron chi connectivity index (χ1n) is 8.38. The monoisotopic (exact) mass is 418 g/mol. The van der Waals surface area contributed by atoms with Crippen molar-refractivity contribution in [1.29, 1.82) is 5.26 Å². The van der Waals surface area contributed by atoms with Crippen LogP contribution in [0.2, 0.25) is 0 Å². The Labute approximate surface area is 159 Å². The van der Waals surface area contributed by atoms with E-state index in [9.17, 15) is 10.1 Å². The lowest BCUT2D eigenvalue weighted by Gasteiger charge is -2.11. The second kappa shape index (κ2) is 8.03. The van der Waals surface area contributed by atoms with Crippen molar-refractivity contribution in [2.75, 3.05) is 11.9 Å². The van der Waals surface area contributed by atoms with Gasteiger partial charge >= 0.3 is 0 Å². The third-order valence-corrected chi connectivity index (χ3v) is 6.00. The molecular formula is C19H19BrN2O2S. The molecule has 4 nitrogen and oxygen atoms in total. The summed E-state index contributed by atoms with van der Waals surface area (Å²) in [5.41, 5.74) is 2.80. The Morgan fingerprint density at radius 2 is 2.20 bits per heavy atom. The number of hydrogen-bond donors (Lipinski definition) is 1.